The minimum absolute atomic E-state index is 0.0135. The van der Waals surface area contributed by atoms with Gasteiger partial charge in [-0.05, 0) is 31.0 Å². The topological polar surface area (TPSA) is 56.0 Å². The van der Waals surface area contributed by atoms with Crippen LogP contribution in [-0.2, 0) is 25.3 Å². The third-order valence-electron chi connectivity index (χ3n) is 3.72. The number of hydrogen-bond acceptors (Lipinski definition) is 2. The van der Waals surface area contributed by atoms with E-state index in [1.54, 1.807) is 23.2 Å². The van der Waals surface area contributed by atoms with Crippen molar-refractivity contribution in [1.82, 2.24) is 14.5 Å². The van der Waals surface area contributed by atoms with Crippen LogP contribution in [0.2, 0.25) is 0 Å². The second-order valence-electron chi connectivity index (χ2n) is 5.28. The number of nitrogens with zero attached hydrogens (tertiary/aromatic N) is 2. The van der Waals surface area contributed by atoms with Crippen molar-refractivity contribution in [3.05, 3.63) is 34.2 Å². The highest BCUT2D eigenvalue weighted by atomic mass is 16.2. The van der Waals surface area contributed by atoms with Crippen LogP contribution in [0.15, 0.2) is 23.0 Å². The van der Waals surface area contributed by atoms with Gasteiger partial charge < -0.3 is 5.32 Å². The van der Waals surface area contributed by atoms with Gasteiger partial charge in [0, 0.05) is 20.1 Å². The van der Waals surface area contributed by atoms with Crippen LogP contribution in [0.4, 0.5) is 0 Å². The molecule has 1 atom stereocenters. The quantitative estimate of drug-likeness (QED) is 0.915. The standard InChI is InChI=1S/C15H21N3O2/c1-5-10(2)16-14(19)9-11-6-7-12-13(8-11)18(4)15(20)17(12)3/h6-8,10H,5,9H2,1-4H3,(H,16,19). The number of aryl methyl sites for hydroxylation is 2. The van der Waals surface area contributed by atoms with Gasteiger partial charge in [0.25, 0.3) is 0 Å². The summed E-state index contributed by atoms with van der Waals surface area (Å²) in [6.45, 7) is 4.03. The van der Waals surface area contributed by atoms with E-state index in [1.165, 1.54) is 0 Å². The number of fused-ring (bicyclic) bond motifs is 1. The Hall–Kier alpha value is -2.04. The van der Waals surface area contributed by atoms with E-state index in [-0.39, 0.29) is 17.6 Å². The molecule has 2 aromatic rings. The van der Waals surface area contributed by atoms with E-state index in [1.807, 2.05) is 32.0 Å². The van der Waals surface area contributed by atoms with Crippen LogP contribution in [-0.4, -0.2) is 21.1 Å². The third-order valence-corrected chi connectivity index (χ3v) is 3.72. The molecule has 0 aliphatic heterocycles. The lowest BCUT2D eigenvalue weighted by Crippen LogP contribution is -2.33. The Kier molecular flexibility index (Phi) is 3.97. The van der Waals surface area contributed by atoms with Crippen LogP contribution in [0.3, 0.4) is 0 Å². The number of imidazole rings is 1. The van der Waals surface area contributed by atoms with Crippen molar-refractivity contribution in [1.29, 1.82) is 0 Å². The first-order valence-corrected chi connectivity index (χ1v) is 6.87. The molecule has 1 unspecified atom stereocenters. The van der Waals surface area contributed by atoms with E-state index in [2.05, 4.69) is 5.32 Å². The summed E-state index contributed by atoms with van der Waals surface area (Å²) in [7, 11) is 3.49. The number of amides is 1. The van der Waals surface area contributed by atoms with Gasteiger partial charge in [0.15, 0.2) is 0 Å². The smallest absolute Gasteiger partial charge is 0.328 e. The van der Waals surface area contributed by atoms with Crippen molar-refractivity contribution < 1.29 is 4.79 Å². The van der Waals surface area contributed by atoms with Crippen LogP contribution in [0, 0.1) is 0 Å². The maximum absolute atomic E-state index is 11.9. The summed E-state index contributed by atoms with van der Waals surface area (Å²) in [5.41, 5.74) is 2.59. The van der Waals surface area contributed by atoms with Crippen molar-refractivity contribution in [2.45, 2.75) is 32.7 Å². The van der Waals surface area contributed by atoms with Gasteiger partial charge >= 0.3 is 5.69 Å². The maximum atomic E-state index is 11.9. The second-order valence-corrected chi connectivity index (χ2v) is 5.28. The van der Waals surface area contributed by atoms with Gasteiger partial charge in [-0.1, -0.05) is 13.0 Å². The molecule has 20 heavy (non-hydrogen) atoms. The summed E-state index contributed by atoms with van der Waals surface area (Å²) in [5.74, 6) is 0.0135. The van der Waals surface area contributed by atoms with E-state index in [0.29, 0.717) is 6.42 Å². The lowest BCUT2D eigenvalue weighted by molar-refractivity contribution is -0.121. The van der Waals surface area contributed by atoms with Crippen LogP contribution in [0.25, 0.3) is 11.0 Å². The normalized spacial score (nSPS) is 12.6. The number of nitrogens with one attached hydrogen (secondary N) is 1. The molecule has 2 rings (SSSR count). The Bertz CT molecular complexity index is 697. The number of carbonyl (C=O) groups is 1. The zero-order valence-corrected chi connectivity index (χ0v) is 12.4. The van der Waals surface area contributed by atoms with Crippen molar-refractivity contribution in [2.24, 2.45) is 14.1 Å². The predicted molar refractivity (Wildman–Crippen MR) is 79.8 cm³/mol. The van der Waals surface area contributed by atoms with Crippen molar-refractivity contribution >= 4 is 16.9 Å². The fraction of sp³-hybridized carbons (Fsp3) is 0.467. The Morgan fingerprint density at radius 1 is 1.25 bits per heavy atom. The van der Waals surface area contributed by atoms with E-state index < -0.39 is 0 Å². The van der Waals surface area contributed by atoms with E-state index in [9.17, 15) is 9.59 Å². The molecule has 1 heterocycles. The molecule has 0 spiro atoms. The highest BCUT2D eigenvalue weighted by molar-refractivity contribution is 5.82. The highest BCUT2D eigenvalue weighted by Crippen LogP contribution is 2.14. The predicted octanol–water partition coefficient (Wildman–Crippen LogP) is 1.33. The maximum Gasteiger partial charge on any atom is 0.328 e. The number of aromatic nitrogens is 2. The van der Waals surface area contributed by atoms with Gasteiger partial charge in [-0.3, -0.25) is 13.9 Å². The van der Waals surface area contributed by atoms with Gasteiger partial charge in [-0.2, -0.15) is 0 Å². The summed E-state index contributed by atoms with van der Waals surface area (Å²) >= 11 is 0. The van der Waals surface area contributed by atoms with E-state index in [0.717, 1.165) is 23.0 Å². The molecular weight excluding hydrogens is 254 g/mol. The molecule has 1 aromatic heterocycles. The zero-order chi connectivity index (χ0) is 14.9. The van der Waals surface area contributed by atoms with Gasteiger partial charge in [0.2, 0.25) is 5.91 Å². The molecule has 5 heteroatoms. The third kappa shape index (κ3) is 2.61. The number of benzene rings is 1. The van der Waals surface area contributed by atoms with Crippen molar-refractivity contribution in [2.75, 3.05) is 0 Å². The average molecular weight is 275 g/mol. The molecule has 0 aliphatic carbocycles. The highest BCUT2D eigenvalue weighted by Gasteiger charge is 2.11. The number of hydrogen-bond donors (Lipinski definition) is 1. The van der Waals surface area contributed by atoms with Crippen LogP contribution >= 0.6 is 0 Å². The Morgan fingerprint density at radius 2 is 1.90 bits per heavy atom. The lowest BCUT2D eigenvalue weighted by atomic mass is 10.1. The molecular formula is C15H21N3O2. The van der Waals surface area contributed by atoms with Crippen LogP contribution in [0.1, 0.15) is 25.8 Å². The first-order chi connectivity index (χ1) is 9.43. The molecule has 108 valence electrons. The first-order valence-electron chi connectivity index (χ1n) is 6.87. The minimum Gasteiger partial charge on any atom is -0.353 e. The molecule has 0 bridgehead atoms. The molecule has 1 aromatic carbocycles. The van der Waals surface area contributed by atoms with Crippen molar-refractivity contribution in [3.63, 3.8) is 0 Å². The van der Waals surface area contributed by atoms with Crippen LogP contribution < -0.4 is 11.0 Å². The van der Waals surface area contributed by atoms with E-state index >= 15 is 0 Å². The molecule has 0 aliphatic rings. The number of carbonyl (C=O) groups excluding carboxylic acids is 1. The van der Waals surface area contributed by atoms with Crippen molar-refractivity contribution in [3.8, 4) is 0 Å². The number of rotatable bonds is 4. The summed E-state index contributed by atoms with van der Waals surface area (Å²) in [6, 6.07) is 5.89. The molecule has 0 saturated carbocycles. The Labute approximate surface area is 118 Å². The first kappa shape index (κ1) is 14.4. The fourth-order valence-corrected chi connectivity index (χ4v) is 2.28. The molecule has 0 radical (unpaired) electrons. The van der Waals surface area contributed by atoms with Crippen LogP contribution in [0.5, 0.6) is 0 Å². The summed E-state index contributed by atoms with van der Waals surface area (Å²) in [5, 5.41) is 2.94. The lowest BCUT2D eigenvalue weighted by Gasteiger charge is -2.11. The SMILES string of the molecule is CCC(C)NC(=O)Cc1ccc2c(c1)n(C)c(=O)n2C. The zero-order valence-electron chi connectivity index (χ0n) is 12.4. The molecule has 1 N–H and O–H groups in total. The van der Waals surface area contributed by atoms with Gasteiger partial charge in [0.1, 0.15) is 0 Å². The summed E-state index contributed by atoms with van der Waals surface area (Å²) in [6.07, 6.45) is 1.25. The van der Waals surface area contributed by atoms with Gasteiger partial charge in [0.05, 0.1) is 17.5 Å². The van der Waals surface area contributed by atoms with E-state index in [4.69, 9.17) is 0 Å². The minimum atomic E-state index is -0.0544. The molecule has 5 nitrogen and oxygen atoms in total. The fourth-order valence-electron chi connectivity index (χ4n) is 2.28. The van der Waals surface area contributed by atoms with Gasteiger partial charge in [-0.25, -0.2) is 4.79 Å². The Balaban J connectivity index is 2.26. The monoisotopic (exact) mass is 275 g/mol. The summed E-state index contributed by atoms with van der Waals surface area (Å²) < 4.78 is 3.21. The largest absolute Gasteiger partial charge is 0.353 e. The molecule has 1 amide bonds. The second kappa shape index (κ2) is 5.53. The molecule has 0 saturated heterocycles. The molecule has 0 fully saturated rings. The Morgan fingerprint density at radius 3 is 2.55 bits per heavy atom. The average Bonchev–Trinajstić information content (AvgIpc) is 2.63. The van der Waals surface area contributed by atoms with Gasteiger partial charge in [-0.15, -0.1) is 0 Å². The summed E-state index contributed by atoms with van der Waals surface area (Å²) in [4.78, 5) is 23.7.